The summed E-state index contributed by atoms with van der Waals surface area (Å²) in [5.74, 6) is 2.11. The van der Waals surface area contributed by atoms with Gasteiger partial charge >= 0.3 is 0 Å². The molecular formula is C18H28Cl2N4OS. The maximum absolute atomic E-state index is 12.7. The predicted octanol–water partition coefficient (Wildman–Crippen LogP) is 3.71. The summed E-state index contributed by atoms with van der Waals surface area (Å²) in [7, 11) is 0. The number of amides is 1. The van der Waals surface area contributed by atoms with Crippen molar-refractivity contribution in [1.29, 1.82) is 0 Å². The van der Waals surface area contributed by atoms with Gasteiger partial charge in [0.05, 0.1) is 17.1 Å². The lowest BCUT2D eigenvalue weighted by molar-refractivity contribution is -0.126. The topological polar surface area (TPSA) is 69.8 Å². The number of aromatic nitrogens is 2. The number of halogens is 2. The molecule has 0 bridgehead atoms. The highest BCUT2D eigenvalue weighted by atomic mass is 35.5. The molecule has 1 aromatic carbocycles. The molecule has 1 aromatic heterocycles. The zero-order valence-electron chi connectivity index (χ0n) is 15.2. The van der Waals surface area contributed by atoms with Gasteiger partial charge in [-0.25, -0.2) is 4.98 Å². The molecule has 0 radical (unpaired) electrons. The number of aromatic amines is 1. The van der Waals surface area contributed by atoms with Gasteiger partial charge in [-0.1, -0.05) is 12.1 Å². The minimum atomic E-state index is -0.0532. The SMILES string of the molecule is CSCCC(NC(=O)[C@H]1CCN[C@@H](C)C1)c1nc2ccccc2[nH]1.Cl.Cl. The number of nitrogens with zero attached hydrogens (tertiary/aromatic N) is 1. The van der Waals surface area contributed by atoms with Crippen LogP contribution in [0.2, 0.25) is 0 Å². The van der Waals surface area contributed by atoms with Crippen LogP contribution in [-0.2, 0) is 4.79 Å². The Morgan fingerprint density at radius 1 is 1.38 bits per heavy atom. The van der Waals surface area contributed by atoms with Crippen molar-refractivity contribution in [3.8, 4) is 0 Å². The van der Waals surface area contributed by atoms with E-state index in [2.05, 4.69) is 33.8 Å². The largest absolute Gasteiger partial charge is 0.346 e. The summed E-state index contributed by atoms with van der Waals surface area (Å²) in [6.45, 7) is 3.06. The minimum Gasteiger partial charge on any atom is -0.346 e. The van der Waals surface area contributed by atoms with Crippen LogP contribution in [0.1, 0.15) is 38.1 Å². The first-order chi connectivity index (χ1) is 11.7. The average Bonchev–Trinajstić information content (AvgIpc) is 3.02. The van der Waals surface area contributed by atoms with E-state index in [0.717, 1.165) is 48.4 Å². The monoisotopic (exact) mass is 418 g/mol. The van der Waals surface area contributed by atoms with Gasteiger partial charge in [-0.3, -0.25) is 4.79 Å². The summed E-state index contributed by atoms with van der Waals surface area (Å²) in [6.07, 6.45) is 4.78. The molecule has 0 saturated carbocycles. The number of piperidine rings is 1. The van der Waals surface area contributed by atoms with Crippen molar-refractivity contribution in [3.63, 3.8) is 0 Å². The lowest BCUT2D eigenvalue weighted by Crippen LogP contribution is -2.43. The third-order valence-corrected chi connectivity index (χ3v) is 5.30. The Hall–Kier alpha value is -0.950. The molecule has 1 aliphatic rings. The van der Waals surface area contributed by atoms with Crippen LogP contribution in [0.4, 0.5) is 0 Å². The van der Waals surface area contributed by atoms with Crippen molar-refractivity contribution in [2.24, 2.45) is 5.92 Å². The molecule has 1 saturated heterocycles. The van der Waals surface area contributed by atoms with Crippen LogP contribution < -0.4 is 10.6 Å². The molecule has 5 nitrogen and oxygen atoms in total. The van der Waals surface area contributed by atoms with E-state index in [0.29, 0.717) is 6.04 Å². The van der Waals surface area contributed by atoms with Crippen LogP contribution in [0, 0.1) is 5.92 Å². The quantitative estimate of drug-likeness (QED) is 0.668. The number of hydrogen-bond donors (Lipinski definition) is 3. The smallest absolute Gasteiger partial charge is 0.223 e. The fourth-order valence-corrected chi connectivity index (χ4v) is 3.78. The van der Waals surface area contributed by atoms with Crippen LogP contribution in [0.25, 0.3) is 11.0 Å². The second-order valence-electron chi connectivity index (χ2n) is 6.56. The number of hydrogen-bond acceptors (Lipinski definition) is 4. The molecular weight excluding hydrogens is 391 g/mol. The number of fused-ring (bicyclic) bond motifs is 1. The molecule has 146 valence electrons. The van der Waals surface area contributed by atoms with Gasteiger partial charge in [-0.05, 0) is 56.9 Å². The number of nitrogens with one attached hydrogen (secondary N) is 3. The molecule has 1 unspecified atom stereocenters. The van der Waals surface area contributed by atoms with Gasteiger partial charge in [0, 0.05) is 12.0 Å². The Bertz CT molecular complexity index is 664. The number of thioether (sulfide) groups is 1. The zero-order chi connectivity index (χ0) is 16.9. The maximum Gasteiger partial charge on any atom is 0.223 e. The molecule has 1 aliphatic heterocycles. The maximum atomic E-state index is 12.7. The Labute approximate surface area is 171 Å². The summed E-state index contributed by atoms with van der Waals surface area (Å²) >= 11 is 1.79. The molecule has 0 aliphatic carbocycles. The number of imidazole rings is 1. The second kappa shape index (κ2) is 11.0. The lowest BCUT2D eigenvalue weighted by atomic mass is 9.92. The highest BCUT2D eigenvalue weighted by molar-refractivity contribution is 7.98. The summed E-state index contributed by atoms with van der Waals surface area (Å²) in [4.78, 5) is 20.8. The molecule has 1 fully saturated rings. The van der Waals surface area contributed by atoms with Crippen LogP contribution in [0.15, 0.2) is 24.3 Å². The fourth-order valence-electron chi connectivity index (χ4n) is 3.31. The van der Waals surface area contributed by atoms with Crippen LogP contribution >= 0.6 is 36.6 Å². The molecule has 1 amide bonds. The number of carbonyl (C=O) groups excluding carboxylic acids is 1. The van der Waals surface area contributed by atoms with Gasteiger partial charge in [-0.15, -0.1) is 24.8 Å². The Balaban J connectivity index is 0.00000169. The summed E-state index contributed by atoms with van der Waals surface area (Å²) in [5.41, 5.74) is 1.97. The zero-order valence-corrected chi connectivity index (χ0v) is 17.6. The van der Waals surface area contributed by atoms with Gasteiger partial charge in [0.15, 0.2) is 0 Å². The molecule has 26 heavy (non-hydrogen) atoms. The number of benzene rings is 1. The van der Waals surface area contributed by atoms with Gasteiger partial charge in [-0.2, -0.15) is 11.8 Å². The average molecular weight is 419 g/mol. The Morgan fingerprint density at radius 2 is 2.15 bits per heavy atom. The standard InChI is InChI=1S/C18H26N4OS.2ClH/c1-12-11-13(7-9-19-12)18(23)22-16(8-10-24-2)17-20-14-5-3-4-6-15(14)21-17;;/h3-6,12-13,16,19H,7-11H2,1-2H3,(H,20,21)(H,22,23);2*1H/t12-,13-,16?;;/m0../s1. The number of rotatable bonds is 6. The van der Waals surface area contributed by atoms with Crippen molar-refractivity contribution >= 4 is 53.5 Å². The fraction of sp³-hybridized carbons (Fsp3) is 0.556. The summed E-state index contributed by atoms with van der Waals surface area (Å²) in [6, 6.07) is 8.35. The van der Waals surface area contributed by atoms with Gasteiger partial charge in [0.25, 0.3) is 0 Å². The van der Waals surface area contributed by atoms with E-state index in [1.807, 2.05) is 24.3 Å². The second-order valence-corrected chi connectivity index (χ2v) is 7.54. The first-order valence-corrected chi connectivity index (χ1v) is 10.0. The van der Waals surface area contributed by atoms with E-state index in [-0.39, 0.29) is 42.7 Å². The van der Waals surface area contributed by atoms with Gasteiger partial charge in [0.2, 0.25) is 5.91 Å². The lowest BCUT2D eigenvalue weighted by Gasteiger charge is -2.28. The highest BCUT2D eigenvalue weighted by Gasteiger charge is 2.27. The normalized spacial score (nSPS) is 20.7. The first kappa shape index (κ1) is 23.1. The minimum absolute atomic E-state index is 0. The first-order valence-electron chi connectivity index (χ1n) is 8.64. The van der Waals surface area contributed by atoms with Crippen molar-refractivity contribution in [2.75, 3.05) is 18.6 Å². The van der Waals surface area contributed by atoms with Crippen molar-refractivity contribution in [3.05, 3.63) is 30.1 Å². The van der Waals surface area contributed by atoms with Gasteiger partial charge in [0.1, 0.15) is 5.82 Å². The molecule has 2 heterocycles. The van der Waals surface area contributed by atoms with Crippen LogP contribution in [0.5, 0.6) is 0 Å². The van der Waals surface area contributed by atoms with Crippen LogP contribution in [-0.4, -0.2) is 40.5 Å². The molecule has 3 atom stereocenters. The molecule has 2 aromatic rings. The van der Waals surface area contributed by atoms with E-state index < -0.39 is 0 Å². The van der Waals surface area contributed by atoms with E-state index >= 15 is 0 Å². The van der Waals surface area contributed by atoms with Crippen molar-refractivity contribution in [2.45, 2.75) is 38.3 Å². The molecule has 8 heteroatoms. The summed E-state index contributed by atoms with van der Waals surface area (Å²) in [5, 5.41) is 6.65. The van der Waals surface area contributed by atoms with Crippen LogP contribution in [0.3, 0.4) is 0 Å². The molecule has 3 rings (SSSR count). The number of para-hydroxylation sites is 2. The number of H-pyrrole nitrogens is 1. The summed E-state index contributed by atoms with van der Waals surface area (Å²) < 4.78 is 0. The third kappa shape index (κ3) is 5.78. The molecule has 0 spiro atoms. The Kier molecular flexibility index (Phi) is 9.79. The van der Waals surface area contributed by atoms with E-state index in [1.54, 1.807) is 11.8 Å². The van der Waals surface area contributed by atoms with Gasteiger partial charge < -0.3 is 15.6 Å². The molecule has 3 N–H and O–H groups in total. The third-order valence-electron chi connectivity index (χ3n) is 4.66. The van der Waals surface area contributed by atoms with Crippen molar-refractivity contribution in [1.82, 2.24) is 20.6 Å². The Morgan fingerprint density at radius 3 is 2.85 bits per heavy atom. The van der Waals surface area contributed by atoms with E-state index in [1.165, 1.54) is 0 Å². The van der Waals surface area contributed by atoms with E-state index in [4.69, 9.17) is 0 Å². The predicted molar refractivity (Wildman–Crippen MR) is 115 cm³/mol. The van der Waals surface area contributed by atoms with E-state index in [9.17, 15) is 4.79 Å². The highest BCUT2D eigenvalue weighted by Crippen LogP contribution is 2.22. The van der Waals surface area contributed by atoms with Crippen molar-refractivity contribution < 1.29 is 4.79 Å². The number of carbonyl (C=O) groups is 1.